The van der Waals surface area contributed by atoms with Crippen LogP contribution >= 0.6 is 0 Å². The second-order valence-corrected chi connectivity index (χ2v) is 2.81. The van der Waals surface area contributed by atoms with Crippen LogP contribution in [0.25, 0.3) is 0 Å². The molecule has 2 N–H and O–H groups in total. The van der Waals surface area contributed by atoms with Crippen molar-refractivity contribution in [3.63, 3.8) is 0 Å². The van der Waals surface area contributed by atoms with Crippen LogP contribution in [0.5, 0.6) is 11.6 Å². The Balaban J connectivity index is 2.37. The molecule has 2 heterocycles. The average Bonchev–Trinajstić information content (AvgIpc) is 2.05. The van der Waals surface area contributed by atoms with Gasteiger partial charge in [-0.05, 0) is 6.92 Å². The van der Waals surface area contributed by atoms with Gasteiger partial charge in [0.2, 0.25) is 0 Å². The van der Waals surface area contributed by atoms with Gasteiger partial charge in [0.1, 0.15) is 12.7 Å². The lowest BCUT2D eigenvalue weighted by Gasteiger charge is -2.22. The van der Waals surface area contributed by atoms with E-state index in [1.54, 1.807) is 12.3 Å². The van der Waals surface area contributed by atoms with Crippen LogP contribution in [0.15, 0.2) is 12.3 Å². The molecule has 0 fully saturated rings. The van der Waals surface area contributed by atoms with Gasteiger partial charge in [0.15, 0.2) is 5.75 Å². The zero-order valence-electron chi connectivity index (χ0n) is 6.78. The van der Waals surface area contributed by atoms with Crippen LogP contribution in [0.3, 0.4) is 0 Å². The molecule has 1 aromatic heterocycles. The molecule has 0 spiro atoms. The van der Waals surface area contributed by atoms with Gasteiger partial charge in [0.05, 0.1) is 11.9 Å². The Morgan fingerprint density at radius 1 is 1.67 bits per heavy atom. The van der Waals surface area contributed by atoms with Crippen LogP contribution in [0.2, 0.25) is 0 Å². The first-order chi connectivity index (χ1) is 5.75. The van der Waals surface area contributed by atoms with E-state index in [0.717, 1.165) is 0 Å². The first kappa shape index (κ1) is 7.21. The molecule has 64 valence electrons. The van der Waals surface area contributed by atoms with Gasteiger partial charge in [-0.3, -0.25) is 0 Å². The summed E-state index contributed by atoms with van der Waals surface area (Å²) in [5, 5.41) is 0. The summed E-state index contributed by atoms with van der Waals surface area (Å²) in [6.07, 6.45) is 1.62. The smallest absolute Gasteiger partial charge is 0.257 e. The maximum Gasteiger partial charge on any atom is 0.257 e. The summed E-state index contributed by atoms with van der Waals surface area (Å²) in [4.78, 5) is 4.00. The molecule has 0 saturated carbocycles. The lowest BCUT2D eigenvalue weighted by molar-refractivity contribution is 0.0979. The van der Waals surface area contributed by atoms with E-state index in [9.17, 15) is 0 Å². The Bertz CT molecular complexity index is 301. The molecule has 1 aromatic rings. The fourth-order valence-electron chi connectivity index (χ4n) is 1.07. The molecule has 4 heteroatoms. The van der Waals surface area contributed by atoms with Crippen molar-refractivity contribution in [1.29, 1.82) is 0 Å². The molecule has 0 radical (unpaired) electrons. The predicted molar refractivity (Wildman–Crippen MR) is 44.2 cm³/mol. The van der Waals surface area contributed by atoms with Crippen molar-refractivity contribution in [2.24, 2.45) is 0 Å². The Labute approximate surface area is 70.3 Å². The van der Waals surface area contributed by atoms with E-state index in [1.165, 1.54) is 0 Å². The number of anilines is 1. The molecule has 12 heavy (non-hydrogen) atoms. The number of nitrogens with zero attached hydrogens (tertiary/aromatic N) is 1. The predicted octanol–water partition coefficient (Wildman–Crippen LogP) is 0.824. The van der Waals surface area contributed by atoms with E-state index in [2.05, 4.69) is 4.98 Å². The third-order valence-electron chi connectivity index (χ3n) is 1.63. The van der Waals surface area contributed by atoms with Gasteiger partial charge >= 0.3 is 0 Å². The summed E-state index contributed by atoms with van der Waals surface area (Å²) in [5.41, 5.74) is 6.11. The number of rotatable bonds is 0. The van der Waals surface area contributed by atoms with E-state index in [4.69, 9.17) is 15.2 Å². The van der Waals surface area contributed by atoms with Crippen molar-refractivity contribution in [3.8, 4) is 11.6 Å². The largest absolute Gasteiger partial charge is 0.484 e. The SMILES string of the molecule is CC1COc2cc(N)cnc2O1. The molecule has 0 aliphatic carbocycles. The van der Waals surface area contributed by atoms with Gasteiger partial charge in [0.25, 0.3) is 5.88 Å². The zero-order valence-corrected chi connectivity index (χ0v) is 6.78. The third-order valence-corrected chi connectivity index (χ3v) is 1.63. The minimum absolute atomic E-state index is 0.0635. The standard InChI is InChI=1S/C8H10N2O2/c1-5-4-11-7-2-6(9)3-10-8(7)12-5/h2-3,5H,4,9H2,1H3. The van der Waals surface area contributed by atoms with Crippen LogP contribution in [-0.4, -0.2) is 17.7 Å². The van der Waals surface area contributed by atoms with Crippen molar-refractivity contribution in [1.82, 2.24) is 4.98 Å². The first-order valence-corrected chi connectivity index (χ1v) is 3.80. The number of pyridine rings is 1. The maximum absolute atomic E-state index is 5.52. The van der Waals surface area contributed by atoms with Gasteiger partial charge in [-0.25, -0.2) is 4.98 Å². The van der Waals surface area contributed by atoms with Crippen LogP contribution in [0.4, 0.5) is 5.69 Å². The van der Waals surface area contributed by atoms with Crippen molar-refractivity contribution in [2.45, 2.75) is 13.0 Å². The lowest BCUT2D eigenvalue weighted by Crippen LogP contribution is -2.26. The number of aromatic nitrogens is 1. The van der Waals surface area contributed by atoms with Crippen molar-refractivity contribution >= 4 is 5.69 Å². The molecule has 0 aromatic carbocycles. The molecule has 0 bridgehead atoms. The molecule has 1 atom stereocenters. The van der Waals surface area contributed by atoms with Gasteiger partial charge in [-0.1, -0.05) is 0 Å². The second-order valence-electron chi connectivity index (χ2n) is 2.81. The van der Waals surface area contributed by atoms with Crippen LogP contribution in [-0.2, 0) is 0 Å². The van der Waals surface area contributed by atoms with Crippen molar-refractivity contribution in [3.05, 3.63) is 12.3 Å². The summed E-state index contributed by atoms with van der Waals surface area (Å²) in [7, 11) is 0. The summed E-state index contributed by atoms with van der Waals surface area (Å²) in [6.45, 7) is 2.49. The van der Waals surface area contributed by atoms with Gasteiger partial charge in [0, 0.05) is 6.07 Å². The summed E-state index contributed by atoms with van der Waals surface area (Å²) < 4.78 is 10.7. The number of nitrogens with two attached hydrogens (primary N) is 1. The van der Waals surface area contributed by atoms with Gasteiger partial charge in [-0.2, -0.15) is 0 Å². The highest BCUT2D eigenvalue weighted by Crippen LogP contribution is 2.30. The van der Waals surface area contributed by atoms with E-state index >= 15 is 0 Å². The molecule has 1 aliphatic heterocycles. The zero-order chi connectivity index (χ0) is 8.55. The fourth-order valence-corrected chi connectivity index (χ4v) is 1.07. The molecule has 2 rings (SSSR count). The maximum atomic E-state index is 5.52. The van der Waals surface area contributed by atoms with Gasteiger partial charge in [-0.15, -0.1) is 0 Å². The van der Waals surface area contributed by atoms with Crippen molar-refractivity contribution < 1.29 is 9.47 Å². The minimum Gasteiger partial charge on any atom is -0.484 e. The highest BCUT2D eigenvalue weighted by molar-refractivity contribution is 5.47. The van der Waals surface area contributed by atoms with Crippen LogP contribution < -0.4 is 15.2 Å². The number of hydrogen-bond donors (Lipinski definition) is 1. The molecule has 4 nitrogen and oxygen atoms in total. The Morgan fingerprint density at radius 2 is 2.50 bits per heavy atom. The Morgan fingerprint density at radius 3 is 3.33 bits per heavy atom. The topological polar surface area (TPSA) is 57.4 Å². The highest BCUT2D eigenvalue weighted by atomic mass is 16.6. The number of hydrogen-bond acceptors (Lipinski definition) is 4. The Kier molecular flexibility index (Phi) is 1.53. The summed E-state index contributed by atoms with van der Waals surface area (Å²) in [6, 6.07) is 1.72. The molecule has 1 unspecified atom stereocenters. The minimum atomic E-state index is 0.0635. The lowest BCUT2D eigenvalue weighted by atomic mass is 10.3. The molecule has 0 amide bonds. The quantitative estimate of drug-likeness (QED) is 0.620. The fraction of sp³-hybridized carbons (Fsp3) is 0.375. The number of fused-ring (bicyclic) bond motifs is 1. The van der Waals surface area contributed by atoms with Gasteiger partial charge < -0.3 is 15.2 Å². The number of ether oxygens (including phenoxy) is 2. The van der Waals surface area contributed by atoms with Crippen LogP contribution in [0.1, 0.15) is 6.92 Å². The van der Waals surface area contributed by atoms with Crippen LogP contribution in [0, 0.1) is 0 Å². The van der Waals surface area contributed by atoms with E-state index in [1.807, 2.05) is 6.92 Å². The average molecular weight is 166 g/mol. The first-order valence-electron chi connectivity index (χ1n) is 3.80. The monoisotopic (exact) mass is 166 g/mol. The highest BCUT2D eigenvalue weighted by Gasteiger charge is 2.18. The summed E-state index contributed by atoms with van der Waals surface area (Å²) >= 11 is 0. The molecular formula is C8H10N2O2. The molecule has 1 aliphatic rings. The molecule has 0 saturated heterocycles. The third kappa shape index (κ3) is 1.15. The van der Waals surface area contributed by atoms with E-state index in [-0.39, 0.29) is 6.10 Å². The van der Waals surface area contributed by atoms with E-state index in [0.29, 0.717) is 23.9 Å². The number of nitrogen functional groups attached to an aromatic ring is 1. The summed E-state index contributed by atoms with van der Waals surface area (Å²) in [5.74, 6) is 1.16. The normalized spacial score (nSPS) is 20.6. The van der Waals surface area contributed by atoms with Crippen molar-refractivity contribution in [2.75, 3.05) is 12.3 Å². The second kappa shape index (κ2) is 2.55. The van der Waals surface area contributed by atoms with E-state index < -0.39 is 0 Å². The molecular weight excluding hydrogens is 156 g/mol. The Hall–Kier alpha value is -1.45.